The maximum absolute atomic E-state index is 13.3. The highest BCUT2D eigenvalue weighted by Gasteiger charge is 2.29. The Morgan fingerprint density at radius 3 is 2.53 bits per heavy atom. The summed E-state index contributed by atoms with van der Waals surface area (Å²) in [6.07, 6.45) is 0.0287. The number of amides is 1. The number of anilines is 1. The fourth-order valence-corrected chi connectivity index (χ4v) is 4.09. The van der Waals surface area contributed by atoms with E-state index in [-0.39, 0.29) is 28.7 Å². The molecular weight excluding hydrogens is 460 g/mol. The molecule has 34 heavy (non-hydrogen) atoms. The Kier molecular flexibility index (Phi) is 6.46. The van der Waals surface area contributed by atoms with E-state index in [1.54, 1.807) is 42.5 Å². The molecule has 4 rings (SSSR count). The maximum atomic E-state index is 13.3. The Bertz CT molecular complexity index is 1370. The standard InChI is InChI=1S/C23H20N4O6S/c1-33-21(31)16-12-34-22(24-16)26-19(29)17(11-13-7-9-15(28)10-8-13)27-20(30)18(25-23(27)32)14-5-3-2-4-6-14/h2-10,12,17,28,30H,11H2,1H3,(H,25,32)(H,24,26,29)/t17-/m1/s1. The van der Waals surface area contributed by atoms with Crippen molar-refractivity contribution < 1.29 is 24.5 Å². The molecule has 11 heteroatoms. The summed E-state index contributed by atoms with van der Waals surface area (Å²) >= 11 is 1.02. The highest BCUT2D eigenvalue weighted by atomic mass is 32.1. The zero-order valence-corrected chi connectivity index (χ0v) is 18.7. The lowest BCUT2D eigenvalue weighted by Gasteiger charge is -2.18. The number of esters is 1. The molecule has 174 valence electrons. The number of carbonyl (C=O) groups is 2. The quantitative estimate of drug-likeness (QED) is 0.297. The van der Waals surface area contributed by atoms with E-state index in [1.165, 1.54) is 24.6 Å². The van der Waals surface area contributed by atoms with E-state index in [9.17, 15) is 24.6 Å². The van der Waals surface area contributed by atoms with Crippen molar-refractivity contribution in [2.24, 2.45) is 0 Å². The van der Waals surface area contributed by atoms with Crippen LogP contribution in [-0.2, 0) is 16.0 Å². The monoisotopic (exact) mass is 480 g/mol. The van der Waals surface area contributed by atoms with Gasteiger partial charge in [-0.15, -0.1) is 11.3 Å². The van der Waals surface area contributed by atoms with Crippen molar-refractivity contribution in [3.05, 3.63) is 81.7 Å². The van der Waals surface area contributed by atoms with Crippen molar-refractivity contribution >= 4 is 28.3 Å². The largest absolute Gasteiger partial charge is 0.508 e. The molecule has 2 aromatic heterocycles. The number of phenolic OH excluding ortho intramolecular Hbond substituents is 1. The zero-order valence-electron chi connectivity index (χ0n) is 17.9. The molecule has 0 unspecified atom stereocenters. The Balaban J connectivity index is 1.71. The minimum atomic E-state index is -1.17. The third-order valence-corrected chi connectivity index (χ3v) is 5.83. The number of benzene rings is 2. The number of aromatic hydroxyl groups is 2. The molecule has 0 saturated heterocycles. The van der Waals surface area contributed by atoms with Crippen LogP contribution in [0.2, 0.25) is 0 Å². The number of rotatable bonds is 7. The molecule has 0 aliphatic rings. The molecule has 0 spiro atoms. The molecule has 1 atom stereocenters. The minimum absolute atomic E-state index is 0.0287. The second-order valence-electron chi connectivity index (χ2n) is 7.27. The van der Waals surface area contributed by atoms with Crippen LogP contribution in [0.15, 0.2) is 64.8 Å². The van der Waals surface area contributed by atoms with E-state index in [4.69, 9.17) is 0 Å². The average molecular weight is 481 g/mol. The number of methoxy groups -OCH3 is 1. The van der Waals surface area contributed by atoms with Gasteiger partial charge < -0.3 is 25.3 Å². The van der Waals surface area contributed by atoms with Crippen molar-refractivity contribution in [2.75, 3.05) is 12.4 Å². The minimum Gasteiger partial charge on any atom is -0.508 e. The molecule has 0 aliphatic carbocycles. The van der Waals surface area contributed by atoms with Crippen LogP contribution in [0.1, 0.15) is 22.1 Å². The second kappa shape index (κ2) is 9.63. The van der Waals surface area contributed by atoms with Gasteiger partial charge in [-0.3, -0.25) is 4.79 Å². The first-order chi connectivity index (χ1) is 16.4. The molecule has 0 bridgehead atoms. The first kappa shape index (κ1) is 22.8. The predicted molar refractivity (Wildman–Crippen MR) is 125 cm³/mol. The number of aromatic amines is 1. The van der Waals surface area contributed by atoms with Gasteiger partial charge in [0.05, 0.1) is 7.11 Å². The summed E-state index contributed by atoms with van der Waals surface area (Å²) in [7, 11) is 1.22. The molecule has 4 N–H and O–H groups in total. The molecule has 0 radical (unpaired) electrons. The summed E-state index contributed by atoms with van der Waals surface area (Å²) in [6.45, 7) is 0. The van der Waals surface area contributed by atoms with Crippen LogP contribution in [0.25, 0.3) is 11.3 Å². The van der Waals surface area contributed by atoms with Crippen LogP contribution in [0.5, 0.6) is 11.6 Å². The van der Waals surface area contributed by atoms with Crippen molar-refractivity contribution in [2.45, 2.75) is 12.5 Å². The van der Waals surface area contributed by atoms with Gasteiger partial charge in [0, 0.05) is 17.4 Å². The van der Waals surface area contributed by atoms with Gasteiger partial charge >= 0.3 is 11.7 Å². The number of hydrogen-bond acceptors (Lipinski definition) is 8. The molecule has 2 aromatic carbocycles. The van der Waals surface area contributed by atoms with Crippen LogP contribution in [0.3, 0.4) is 0 Å². The van der Waals surface area contributed by atoms with Gasteiger partial charge in [-0.1, -0.05) is 42.5 Å². The van der Waals surface area contributed by atoms with Gasteiger partial charge in [-0.25, -0.2) is 19.1 Å². The summed E-state index contributed by atoms with van der Waals surface area (Å²) in [4.78, 5) is 44.5. The van der Waals surface area contributed by atoms with Crippen LogP contribution in [0.4, 0.5) is 5.13 Å². The molecule has 0 fully saturated rings. The Hall–Kier alpha value is -4.38. The number of imidazole rings is 1. The molecule has 1 amide bonds. The number of thiazole rings is 1. The van der Waals surface area contributed by atoms with Crippen molar-refractivity contribution in [1.29, 1.82) is 0 Å². The molecule has 2 heterocycles. The van der Waals surface area contributed by atoms with E-state index in [1.807, 2.05) is 0 Å². The Morgan fingerprint density at radius 1 is 1.15 bits per heavy atom. The van der Waals surface area contributed by atoms with E-state index in [0.717, 1.165) is 15.9 Å². The lowest BCUT2D eigenvalue weighted by Crippen LogP contribution is -2.33. The molecule has 0 saturated carbocycles. The van der Waals surface area contributed by atoms with Gasteiger partial charge in [0.1, 0.15) is 17.5 Å². The number of nitrogens with one attached hydrogen (secondary N) is 2. The van der Waals surface area contributed by atoms with Gasteiger partial charge in [0.25, 0.3) is 0 Å². The third-order valence-electron chi connectivity index (χ3n) is 5.07. The van der Waals surface area contributed by atoms with Crippen LogP contribution in [-0.4, -0.2) is 43.7 Å². The fourth-order valence-electron chi connectivity index (χ4n) is 3.41. The summed E-state index contributed by atoms with van der Waals surface area (Å²) in [5, 5.41) is 24.7. The smallest absolute Gasteiger partial charge is 0.357 e. The van der Waals surface area contributed by atoms with E-state index in [0.29, 0.717) is 11.1 Å². The highest BCUT2D eigenvalue weighted by molar-refractivity contribution is 7.14. The van der Waals surface area contributed by atoms with Crippen LogP contribution < -0.4 is 11.0 Å². The molecular formula is C23H20N4O6S. The van der Waals surface area contributed by atoms with Gasteiger partial charge in [-0.2, -0.15) is 0 Å². The molecule has 10 nitrogen and oxygen atoms in total. The van der Waals surface area contributed by atoms with E-state index >= 15 is 0 Å². The van der Waals surface area contributed by atoms with Gasteiger partial charge in [-0.05, 0) is 17.7 Å². The summed E-state index contributed by atoms with van der Waals surface area (Å²) in [6, 6.07) is 13.7. The van der Waals surface area contributed by atoms with Crippen molar-refractivity contribution in [1.82, 2.24) is 14.5 Å². The highest BCUT2D eigenvalue weighted by Crippen LogP contribution is 2.30. The van der Waals surface area contributed by atoms with Gasteiger partial charge in [0.2, 0.25) is 11.8 Å². The van der Waals surface area contributed by atoms with E-state index in [2.05, 4.69) is 20.0 Å². The molecule has 4 aromatic rings. The number of H-pyrrole nitrogens is 1. The maximum Gasteiger partial charge on any atom is 0.357 e. The number of nitrogens with zero attached hydrogens (tertiary/aromatic N) is 2. The van der Waals surface area contributed by atoms with Crippen molar-refractivity contribution in [3.63, 3.8) is 0 Å². The summed E-state index contributed by atoms with van der Waals surface area (Å²) < 4.78 is 5.60. The second-order valence-corrected chi connectivity index (χ2v) is 8.13. The van der Waals surface area contributed by atoms with Crippen LogP contribution in [0, 0.1) is 0 Å². The fraction of sp³-hybridized carbons (Fsp3) is 0.130. The van der Waals surface area contributed by atoms with Crippen molar-refractivity contribution in [3.8, 4) is 22.9 Å². The number of hydrogen-bond donors (Lipinski definition) is 4. The molecule has 0 aliphatic heterocycles. The Morgan fingerprint density at radius 2 is 1.85 bits per heavy atom. The lowest BCUT2D eigenvalue weighted by molar-refractivity contribution is -0.119. The zero-order chi connectivity index (χ0) is 24.2. The number of ether oxygens (including phenoxy) is 1. The first-order valence-corrected chi connectivity index (χ1v) is 11.0. The lowest BCUT2D eigenvalue weighted by atomic mass is 10.0. The SMILES string of the molecule is COC(=O)c1csc(NC(=O)[C@@H](Cc2ccc(O)cc2)n2c(O)c(-c3ccccc3)[nH]c2=O)n1. The topological polar surface area (TPSA) is 147 Å². The number of carbonyl (C=O) groups excluding carboxylic acids is 2. The van der Waals surface area contributed by atoms with Gasteiger partial charge in [0.15, 0.2) is 10.8 Å². The first-order valence-electron chi connectivity index (χ1n) is 10.1. The van der Waals surface area contributed by atoms with E-state index < -0.39 is 29.5 Å². The average Bonchev–Trinajstić information content (AvgIpc) is 3.42. The summed E-state index contributed by atoms with van der Waals surface area (Å²) in [5.74, 6) is -1.63. The number of aromatic nitrogens is 3. The third kappa shape index (κ3) is 4.69. The normalized spacial score (nSPS) is 11.7. The van der Waals surface area contributed by atoms with Crippen LogP contribution >= 0.6 is 11.3 Å². The predicted octanol–water partition coefficient (Wildman–Crippen LogP) is 2.92. The number of phenols is 1. The Labute approximate surface area is 197 Å². The summed E-state index contributed by atoms with van der Waals surface area (Å²) in [5.41, 5.74) is 0.746.